The summed E-state index contributed by atoms with van der Waals surface area (Å²) in [4.78, 5) is 20.1. The first kappa shape index (κ1) is 23.2. The van der Waals surface area contributed by atoms with Crippen LogP contribution in [-0.4, -0.2) is 37.8 Å². The van der Waals surface area contributed by atoms with Crippen LogP contribution in [0.25, 0.3) is 6.08 Å². The van der Waals surface area contributed by atoms with Gasteiger partial charge in [-0.1, -0.05) is 30.3 Å². The van der Waals surface area contributed by atoms with Crippen molar-refractivity contribution in [3.8, 4) is 23.1 Å². The number of benzene rings is 2. The topological polar surface area (TPSA) is 70.1 Å². The molecule has 0 N–H and O–H groups in total. The fraction of sp³-hybridized carbons (Fsp3) is 0.259. The zero-order valence-electron chi connectivity index (χ0n) is 20.0. The molecular weight excluding hydrogens is 432 g/mol. The van der Waals surface area contributed by atoms with E-state index in [9.17, 15) is 4.79 Å². The van der Waals surface area contributed by atoms with Crippen LogP contribution in [0.4, 0.5) is 5.82 Å². The summed E-state index contributed by atoms with van der Waals surface area (Å²) in [5.74, 6) is 2.06. The van der Waals surface area contributed by atoms with E-state index in [0.717, 1.165) is 11.1 Å². The van der Waals surface area contributed by atoms with Crippen LogP contribution < -0.4 is 23.8 Å². The Balaban J connectivity index is 1.80. The number of pyridine rings is 1. The maximum atomic E-state index is 14.0. The van der Waals surface area contributed by atoms with Gasteiger partial charge in [0, 0.05) is 0 Å². The SMILES string of the molecule is COc1ccc(N(Cc2ccccc2)C(=O)c2ccc3c(c2OC)C=CC(C)(C)O3)nc1OC. The van der Waals surface area contributed by atoms with Crippen molar-refractivity contribution in [1.82, 2.24) is 4.98 Å². The van der Waals surface area contributed by atoms with Gasteiger partial charge in [0.2, 0.25) is 0 Å². The molecule has 0 spiro atoms. The van der Waals surface area contributed by atoms with Crippen LogP contribution in [0.1, 0.15) is 35.3 Å². The van der Waals surface area contributed by atoms with Crippen LogP contribution in [-0.2, 0) is 6.54 Å². The van der Waals surface area contributed by atoms with Crippen molar-refractivity contribution in [3.63, 3.8) is 0 Å². The number of methoxy groups -OCH3 is 3. The molecule has 0 fully saturated rings. The van der Waals surface area contributed by atoms with E-state index >= 15 is 0 Å². The van der Waals surface area contributed by atoms with E-state index in [1.807, 2.05) is 56.3 Å². The number of carbonyl (C=O) groups excluding carboxylic acids is 1. The molecule has 0 saturated heterocycles. The normalized spacial score (nSPS) is 13.4. The van der Waals surface area contributed by atoms with Crippen molar-refractivity contribution >= 4 is 17.8 Å². The molecule has 0 atom stereocenters. The molecule has 4 rings (SSSR count). The van der Waals surface area contributed by atoms with Crippen LogP contribution in [0.15, 0.2) is 60.7 Å². The zero-order valence-corrected chi connectivity index (χ0v) is 20.0. The number of nitrogens with zero attached hydrogens (tertiary/aromatic N) is 2. The number of rotatable bonds is 7. The largest absolute Gasteiger partial charge is 0.495 e. The molecule has 0 unspecified atom stereocenters. The van der Waals surface area contributed by atoms with Crippen LogP contribution in [0.3, 0.4) is 0 Å². The third kappa shape index (κ3) is 4.55. The van der Waals surface area contributed by atoms with Crippen LogP contribution in [0.2, 0.25) is 0 Å². The first-order chi connectivity index (χ1) is 16.4. The van der Waals surface area contributed by atoms with Crippen LogP contribution >= 0.6 is 0 Å². The Labute approximate surface area is 199 Å². The lowest BCUT2D eigenvalue weighted by atomic mass is 9.99. The molecule has 1 aliphatic rings. The van der Waals surface area contributed by atoms with Gasteiger partial charge in [-0.15, -0.1) is 0 Å². The molecule has 7 heteroatoms. The average molecular weight is 461 g/mol. The molecule has 7 nitrogen and oxygen atoms in total. The highest BCUT2D eigenvalue weighted by Gasteiger charge is 2.29. The van der Waals surface area contributed by atoms with Gasteiger partial charge in [0.05, 0.1) is 39.0 Å². The number of anilines is 1. The summed E-state index contributed by atoms with van der Waals surface area (Å²) in [6.45, 7) is 4.26. The first-order valence-corrected chi connectivity index (χ1v) is 10.9. The lowest BCUT2D eigenvalue weighted by molar-refractivity contribution is 0.0981. The number of carbonyl (C=O) groups is 1. The Morgan fingerprint density at radius 2 is 1.74 bits per heavy atom. The average Bonchev–Trinajstić information content (AvgIpc) is 2.85. The summed E-state index contributed by atoms with van der Waals surface area (Å²) in [5.41, 5.74) is 1.65. The minimum absolute atomic E-state index is 0.263. The molecule has 3 aromatic rings. The van der Waals surface area contributed by atoms with Crippen molar-refractivity contribution in [1.29, 1.82) is 0 Å². The Morgan fingerprint density at radius 1 is 0.971 bits per heavy atom. The number of hydrogen-bond acceptors (Lipinski definition) is 6. The Bertz CT molecular complexity index is 1220. The summed E-state index contributed by atoms with van der Waals surface area (Å²) in [6.07, 6.45) is 3.88. The quantitative estimate of drug-likeness (QED) is 0.486. The molecule has 2 aromatic carbocycles. The second-order valence-corrected chi connectivity index (χ2v) is 8.35. The molecule has 0 aliphatic carbocycles. The zero-order chi connectivity index (χ0) is 24.3. The summed E-state index contributed by atoms with van der Waals surface area (Å²) in [6, 6.07) is 16.7. The van der Waals surface area contributed by atoms with Crippen LogP contribution in [0.5, 0.6) is 23.1 Å². The second kappa shape index (κ2) is 9.47. The van der Waals surface area contributed by atoms with Crippen molar-refractivity contribution < 1.29 is 23.7 Å². The van der Waals surface area contributed by atoms with E-state index in [2.05, 4.69) is 4.98 Å². The van der Waals surface area contributed by atoms with Crippen molar-refractivity contribution in [2.75, 3.05) is 26.2 Å². The van der Waals surface area contributed by atoms with Gasteiger partial charge in [-0.3, -0.25) is 9.69 Å². The van der Waals surface area contributed by atoms with E-state index in [1.165, 1.54) is 7.11 Å². The van der Waals surface area contributed by atoms with Crippen molar-refractivity contribution in [2.45, 2.75) is 26.0 Å². The van der Waals surface area contributed by atoms with Gasteiger partial charge in [-0.25, -0.2) is 0 Å². The van der Waals surface area contributed by atoms with Gasteiger partial charge >= 0.3 is 0 Å². The van der Waals surface area contributed by atoms with Crippen LogP contribution in [0, 0.1) is 0 Å². The molecule has 2 heterocycles. The molecule has 34 heavy (non-hydrogen) atoms. The number of amides is 1. The highest BCUT2D eigenvalue weighted by Crippen LogP contribution is 2.40. The summed E-state index contributed by atoms with van der Waals surface area (Å²) in [5, 5.41) is 0. The number of fused-ring (bicyclic) bond motifs is 1. The van der Waals surface area contributed by atoms with Gasteiger partial charge in [-0.05, 0) is 55.8 Å². The summed E-state index contributed by atoms with van der Waals surface area (Å²) in [7, 11) is 4.61. The summed E-state index contributed by atoms with van der Waals surface area (Å²) < 4.78 is 22.5. The number of hydrogen-bond donors (Lipinski definition) is 0. The molecule has 1 aliphatic heterocycles. The van der Waals surface area contributed by atoms with E-state index in [0.29, 0.717) is 41.1 Å². The van der Waals surface area contributed by atoms with E-state index < -0.39 is 5.60 Å². The standard InChI is InChI=1S/C27H28N2O5/c1-27(2)16-15-19-21(34-27)12-11-20(24(19)32-4)26(30)29(17-18-9-7-6-8-10-18)23-14-13-22(31-3)25(28-23)33-5/h6-16H,17H2,1-5H3. The third-order valence-corrected chi connectivity index (χ3v) is 5.54. The fourth-order valence-electron chi connectivity index (χ4n) is 3.86. The van der Waals surface area contributed by atoms with Gasteiger partial charge in [0.15, 0.2) is 5.75 Å². The third-order valence-electron chi connectivity index (χ3n) is 5.54. The molecular formula is C27H28N2O5. The highest BCUT2D eigenvalue weighted by atomic mass is 16.5. The van der Waals surface area contributed by atoms with E-state index in [1.54, 1.807) is 43.4 Å². The molecule has 1 amide bonds. The van der Waals surface area contributed by atoms with Gasteiger partial charge in [-0.2, -0.15) is 4.98 Å². The predicted molar refractivity (Wildman–Crippen MR) is 131 cm³/mol. The van der Waals surface area contributed by atoms with Gasteiger partial charge in [0.25, 0.3) is 11.8 Å². The Morgan fingerprint density at radius 3 is 2.41 bits per heavy atom. The smallest absolute Gasteiger partial charge is 0.263 e. The maximum absolute atomic E-state index is 14.0. The van der Waals surface area contributed by atoms with Crippen molar-refractivity contribution in [2.24, 2.45) is 0 Å². The number of aromatic nitrogens is 1. The summed E-state index contributed by atoms with van der Waals surface area (Å²) >= 11 is 0. The molecule has 0 radical (unpaired) electrons. The molecule has 0 saturated carbocycles. The highest BCUT2D eigenvalue weighted by molar-refractivity contribution is 6.08. The minimum Gasteiger partial charge on any atom is -0.495 e. The lowest BCUT2D eigenvalue weighted by Gasteiger charge is -2.30. The predicted octanol–water partition coefficient (Wildman–Crippen LogP) is 5.14. The first-order valence-electron chi connectivity index (χ1n) is 10.9. The second-order valence-electron chi connectivity index (χ2n) is 8.35. The minimum atomic E-state index is -0.438. The van der Waals surface area contributed by atoms with E-state index in [-0.39, 0.29) is 5.91 Å². The van der Waals surface area contributed by atoms with E-state index in [4.69, 9.17) is 18.9 Å². The monoisotopic (exact) mass is 460 g/mol. The van der Waals surface area contributed by atoms with Crippen molar-refractivity contribution in [3.05, 3.63) is 77.4 Å². The Kier molecular flexibility index (Phi) is 6.45. The Hall–Kier alpha value is -4.00. The number of ether oxygens (including phenoxy) is 4. The van der Waals surface area contributed by atoms with Gasteiger partial charge < -0.3 is 18.9 Å². The molecule has 176 valence electrons. The fourth-order valence-corrected chi connectivity index (χ4v) is 3.86. The molecule has 0 bridgehead atoms. The molecule has 1 aromatic heterocycles. The lowest BCUT2D eigenvalue weighted by Crippen LogP contribution is -2.32. The van der Waals surface area contributed by atoms with Gasteiger partial charge in [0.1, 0.15) is 22.9 Å². The maximum Gasteiger partial charge on any atom is 0.263 e.